The molecule has 0 heterocycles. The summed E-state index contributed by atoms with van der Waals surface area (Å²) in [4.78, 5) is 11.5. The van der Waals surface area contributed by atoms with Crippen molar-refractivity contribution in [2.24, 2.45) is 11.7 Å². The van der Waals surface area contributed by atoms with Gasteiger partial charge in [-0.2, -0.15) is 0 Å². The van der Waals surface area contributed by atoms with Crippen LogP contribution in [0.1, 0.15) is 65.7 Å². The van der Waals surface area contributed by atoms with Crippen LogP contribution in [0.4, 0.5) is 0 Å². The van der Waals surface area contributed by atoms with Crippen LogP contribution in [0.2, 0.25) is 0 Å². The standard InChI is InChI=1S/C14H27NO2/c1-14(2,3)17-13(16)6-4-5-11-7-9-12(15)10-8-11/h11-12H,4-10,15H2,1-3H3. The molecule has 100 valence electrons. The van der Waals surface area contributed by atoms with Crippen molar-refractivity contribution in [1.82, 2.24) is 0 Å². The van der Waals surface area contributed by atoms with E-state index in [1.807, 2.05) is 20.8 Å². The molecule has 0 radical (unpaired) electrons. The van der Waals surface area contributed by atoms with Crippen LogP contribution in [0.25, 0.3) is 0 Å². The van der Waals surface area contributed by atoms with E-state index in [0.717, 1.165) is 31.6 Å². The number of ether oxygens (including phenoxy) is 1. The van der Waals surface area contributed by atoms with E-state index >= 15 is 0 Å². The minimum absolute atomic E-state index is 0.0648. The van der Waals surface area contributed by atoms with Gasteiger partial charge in [-0.15, -0.1) is 0 Å². The lowest BCUT2D eigenvalue weighted by molar-refractivity contribution is -0.155. The molecule has 1 aliphatic rings. The van der Waals surface area contributed by atoms with Crippen LogP contribution in [0.5, 0.6) is 0 Å². The van der Waals surface area contributed by atoms with Crippen LogP contribution in [0, 0.1) is 5.92 Å². The lowest BCUT2D eigenvalue weighted by Crippen LogP contribution is -2.26. The van der Waals surface area contributed by atoms with Crippen molar-refractivity contribution in [3.63, 3.8) is 0 Å². The van der Waals surface area contributed by atoms with Crippen molar-refractivity contribution in [1.29, 1.82) is 0 Å². The molecule has 0 saturated heterocycles. The number of hydrogen-bond acceptors (Lipinski definition) is 3. The van der Waals surface area contributed by atoms with Crippen molar-refractivity contribution < 1.29 is 9.53 Å². The third kappa shape index (κ3) is 6.67. The average Bonchev–Trinajstić information content (AvgIpc) is 2.18. The second-order valence-corrected chi connectivity index (χ2v) is 6.26. The largest absolute Gasteiger partial charge is 0.460 e. The van der Waals surface area contributed by atoms with E-state index in [1.54, 1.807) is 0 Å². The molecule has 2 N–H and O–H groups in total. The Morgan fingerprint density at radius 3 is 2.35 bits per heavy atom. The molecule has 1 saturated carbocycles. The van der Waals surface area contributed by atoms with Crippen LogP contribution < -0.4 is 5.73 Å². The molecule has 0 aromatic rings. The van der Waals surface area contributed by atoms with E-state index in [2.05, 4.69) is 0 Å². The Hall–Kier alpha value is -0.570. The number of carbonyl (C=O) groups is 1. The fourth-order valence-electron chi connectivity index (χ4n) is 2.40. The van der Waals surface area contributed by atoms with E-state index in [-0.39, 0.29) is 11.6 Å². The highest BCUT2D eigenvalue weighted by Gasteiger charge is 2.19. The summed E-state index contributed by atoms with van der Waals surface area (Å²) >= 11 is 0. The Labute approximate surface area is 105 Å². The molecule has 1 fully saturated rings. The monoisotopic (exact) mass is 241 g/mol. The third-order valence-electron chi connectivity index (χ3n) is 3.30. The van der Waals surface area contributed by atoms with Crippen molar-refractivity contribution in [3.8, 4) is 0 Å². The Bertz CT molecular complexity index is 237. The minimum Gasteiger partial charge on any atom is -0.460 e. The lowest BCUT2D eigenvalue weighted by Gasteiger charge is -2.26. The van der Waals surface area contributed by atoms with Crippen LogP contribution in [0.15, 0.2) is 0 Å². The zero-order valence-corrected chi connectivity index (χ0v) is 11.5. The van der Waals surface area contributed by atoms with Gasteiger partial charge in [-0.25, -0.2) is 0 Å². The Balaban J connectivity index is 2.09. The maximum absolute atomic E-state index is 11.5. The van der Waals surface area contributed by atoms with Gasteiger partial charge in [0.25, 0.3) is 0 Å². The normalized spacial score (nSPS) is 25.6. The summed E-state index contributed by atoms with van der Waals surface area (Å²) in [6.07, 6.45) is 7.42. The minimum atomic E-state index is -0.352. The molecule has 0 atom stereocenters. The zero-order chi connectivity index (χ0) is 12.9. The van der Waals surface area contributed by atoms with Gasteiger partial charge in [0.15, 0.2) is 0 Å². The number of carbonyl (C=O) groups excluding carboxylic acids is 1. The Morgan fingerprint density at radius 2 is 1.82 bits per heavy atom. The first-order valence-electron chi connectivity index (χ1n) is 6.84. The fourth-order valence-corrected chi connectivity index (χ4v) is 2.40. The molecule has 3 nitrogen and oxygen atoms in total. The molecule has 0 amide bonds. The lowest BCUT2D eigenvalue weighted by atomic mass is 9.83. The highest BCUT2D eigenvalue weighted by Crippen LogP contribution is 2.27. The van der Waals surface area contributed by atoms with Gasteiger partial charge >= 0.3 is 5.97 Å². The van der Waals surface area contributed by atoms with E-state index in [4.69, 9.17) is 10.5 Å². The molecule has 17 heavy (non-hydrogen) atoms. The summed E-state index contributed by atoms with van der Waals surface area (Å²) in [5.41, 5.74) is 5.52. The van der Waals surface area contributed by atoms with Gasteiger partial charge in [0, 0.05) is 12.5 Å². The quantitative estimate of drug-likeness (QED) is 0.770. The summed E-state index contributed by atoms with van der Waals surface area (Å²) in [5.74, 6) is 0.710. The smallest absolute Gasteiger partial charge is 0.306 e. The van der Waals surface area contributed by atoms with Crippen LogP contribution >= 0.6 is 0 Å². The maximum atomic E-state index is 11.5. The average molecular weight is 241 g/mol. The predicted octanol–water partition coefficient (Wildman–Crippen LogP) is 3.02. The Kier molecular flexibility index (Phi) is 5.44. The molecule has 0 unspecified atom stereocenters. The molecule has 0 aromatic carbocycles. The van der Waals surface area contributed by atoms with Crippen LogP contribution in [0.3, 0.4) is 0 Å². The van der Waals surface area contributed by atoms with Gasteiger partial charge in [0.2, 0.25) is 0 Å². The second kappa shape index (κ2) is 6.39. The molecule has 1 aliphatic carbocycles. The van der Waals surface area contributed by atoms with Crippen molar-refractivity contribution in [2.45, 2.75) is 77.4 Å². The van der Waals surface area contributed by atoms with Gasteiger partial charge in [-0.05, 0) is 65.2 Å². The summed E-state index contributed by atoms with van der Waals surface area (Å²) < 4.78 is 5.29. The molecule has 0 aliphatic heterocycles. The highest BCUT2D eigenvalue weighted by atomic mass is 16.6. The first kappa shape index (κ1) is 14.5. The van der Waals surface area contributed by atoms with E-state index in [9.17, 15) is 4.79 Å². The zero-order valence-electron chi connectivity index (χ0n) is 11.5. The van der Waals surface area contributed by atoms with E-state index in [0.29, 0.717) is 12.5 Å². The third-order valence-corrected chi connectivity index (χ3v) is 3.30. The first-order valence-corrected chi connectivity index (χ1v) is 6.84. The number of hydrogen-bond donors (Lipinski definition) is 1. The van der Waals surface area contributed by atoms with Gasteiger partial charge in [0.05, 0.1) is 0 Å². The predicted molar refractivity (Wildman–Crippen MR) is 69.6 cm³/mol. The van der Waals surface area contributed by atoms with Gasteiger partial charge < -0.3 is 10.5 Å². The molecule has 0 spiro atoms. The molecule has 3 heteroatoms. The molecule has 0 aromatic heterocycles. The van der Waals surface area contributed by atoms with Crippen molar-refractivity contribution >= 4 is 5.97 Å². The summed E-state index contributed by atoms with van der Waals surface area (Å²) in [5, 5.41) is 0. The van der Waals surface area contributed by atoms with Crippen LogP contribution in [-0.4, -0.2) is 17.6 Å². The Morgan fingerprint density at radius 1 is 1.24 bits per heavy atom. The summed E-state index contributed by atoms with van der Waals surface area (Å²) in [6.45, 7) is 5.73. The van der Waals surface area contributed by atoms with Gasteiger partial charge in [0.1, 0.15) is 5.60 Å². The maximum Gasteiger partial charge on any atom is 0.306 e. The van der Waals surface area contributed by atoms with E-state index in [1.165, 1.54) is 12.8 Å². The van der Waals surface area contributed by atoms with Crippen LogP contribution in [-0.2, 0) is 9.53 Å². The highest BCUT2D eigenvalue weighted by molar-refractivity contribution is 5.69. The number of esters is 1. The number of nitrogens with two attached hydrogens (primary N) is 1. The van der Waals surface area contributed by atoms with Gasteiger partial charge in [-0.3, -0.25) is 4.79 Å². The SMILES string of the molecule is CC(C)(C)OC(=O)CCCC1CCC(N)CC1. The van der Waals surface area contributed by atoms with E-state index < -0.39 is 0 Å². The van der Waals surface area contributed by atoms with Gasteiger partial charge in [-0.1, -0.05) is 0 Å². The molecular formula is C14H27NO2. The van der Waals surface area contributed by atoms with Crippen molar-refractivity contribution in [3.05, 3.63) is 0 Å². The van der Waals surface area contributed by atoms with Crippen molar-refractivity contribution in [2.75, 3.05) is 0 Å². The summed E-state index contributed by atoms with van der Waals surface area (Å²) in [6, 6.07) is 0.414. The fraction of sp³-hybridized carbons (Fsp3) is 0.929. The molecule has 0 bridgehead atoms. The number of rotatable bonds is 4. The first-order chi connectivity index (χ1) is 7.87. The summed E-state index contributed by atoms with van der Waals surface area (Å²) in [7, 11) is 0. The molecule has 1 rings (SSSR count). The topological polar surface area (TPSA) is 52.3 Å². The molecular weight excluding hydrogens is 214 g/mol. The second-order valence-electron chi connectivity index (χ2n) is 6.26.